The van der Waals surface area contributed by atoms with Crippen LogP contribution in [0.4, 0.5) is 5.69 Å². The zero-order chi connectivity index (χ0) is 19.4. The highest BCUT2D eigenvalue weighted by molar-refractivity contribution is 6.04. The maximum atomic E-state index is 12.1. The molecule has 1 amide bonds. The average Bonchev–Trinajstić information content (AvgIpc) is 2.65. The molecule has 0 aliphatic carbocycles. The number of Topliss-reactive ketones (excluding diaryl/α,β-unsaturated/α-hetero) is 1. The molecule has 7 heteroatoms. The van der Waals surface area contributed by atoms with Gasteiger partial charge in [0.05, 0.1) is 5.69 Å². The van der Waals surface area contributed by atoms with Gasteiger partial charge < -0.3 is 14.5 Å². The summed E-state index contributed by atoms with van der Waals surface area (Å²) in [6.45, 7) is 0.765. The Morgan fingerprint density at radius 2 is 1.70 bits per heavy atom. The van der Waals surface area contributed by atoms with Gasteiger partial charge in [-0.25, -0.2) is 9.59 Å². The molecule has 1 aromatic heterocycles. The third-order valence-corrected chi connectivity index (χ3v) is 3.78. The van der Waals surface area contributed by atoms with Gasteiger partial charge in [0.2, 0.25) is 0 Å². The van der Waals surface area contributed by atoms with Crippen LogP contribution in [0.25, 0.3) is 11.0 Å². The molecule has 0 saturated heterocycles. The zero-order valence-corrected chi connectivity index (χ0v) is 14.4. The highest BCUT2D eigenvalue weighted by atomic mass is 16.5. The normalized spacial score (nSPS) is 10.4. The van der Waals surface area contributed by atoms with Gasteiger partial charge in [-0.2, -0.15) is 0 Å². The largest absolute Gasteiger partial charge is 0.452 e. The number of hydrogen-bond acceptors (Lipinski definition) is 6. The number of amides is 1. The fourth-order valence-electron chi connectivity index (χ4n) is 2.50. The van der Waals surface area contributed by atoms with E-state index in [9.17, 15) is 19.2 Å². The van der Waals surface area contributed by atoms with Crippen LogP contribution >= 0.6 is 0 Å². The SMILES string of the molecule is CC(=O)c1ccccc1NC(=O)COC(=O)c1cc2ccccc2oc1=O. The van der Waals surface area contributed by atoms with Crippen LogP contribution in [0.2, 0.25) is 0 Å². The van der Waals surface area contributed by atoms with Crippen molar-refractivity contribution >= 4 is 34.3 Å². The summed E-state index contributed by atoms with van der Waals surface area (Å²) in [5, 5.41) is 3.06. The number of nitrogens with one attached hydrogen (secondary N) is 1. The van der Waals surface area contributed by atoms with Crippen molar-refractivity contribution in [1.82, 2.24) is 0 Å². The van der Waals surface area contributed by atoms with Crippen LogP contribution in [0.5, 0.6) is 0 Å². The molecule has 0 radical (unpaired) electrons. The Hall–Kier alpha value is -3.74. The van der Waals surface area contributed by atoms with Gasteiger partial charge >= 0.3 is 11.6 Å². The predicted molar refractivity (Wildman–Crippen MR) is 97.8 cm³/mol. The highest BCUT2D eigenvalue weighted by Gasteiger charge is 2.17. The second kappa shape index (κ2) is 7.65. The van der Waals surface area contributed by atoms with Gasteiger partial charge in [-0.15, -0.1) is 0 Å². The molecule has 0 spiro atoms. The van der Waals surface area contributed by atoms with Crippen molar-refractivity contribution in [2.24, 2.45) is 0 Å². The van der Waals surface area contributed by atoms with Crippen molar-refractivity contribution < 1.29 is 23.5 Å². The fraction of sp³-hybridized carbons (Fsp3) is 0.100. The Morgan fingerprint density at radius 1 is 1.00 bits per heavy atom. The summed E-state index contributed by atoms with van der Waals surface area (Å²) in [4.78, 5) is 47.6. The van der Waals surface area contributed by atoms with Crippen LogP contribution in [0.3, 0.4) is 0 Å². The summed E-state index contributed by atoms with van der Waals surface area (Å²) >= 11 is 0. The van der Waals surface area contributed by atoms with E-state index >= 15 is 0 Å². The van der Waals surface area contributed by atoms with Crippen molar-refractivity contribution in [3.05, 3.63) is 76.1 Å². The van der Waals surface area contributed by atoms with E-state index < -0.39 is 24.1 Å². The van der Waals surface area contributed by atoms with Crippen LogP contribution in [0.1, 0.15) is 27.6 Å². The van der Waals surface area contributed by atoms with E-state index in [-0.39, 0.29) is 11.3 Å². The van der Waals surface area contributed by atoms with E-state index in [1.165, 1.54) is 13.0 Å². The number of ketones is 1. The lowest BCUT2D eigenvalue weighted by Crippen LogP contribution is -2.24. The first-order valence-electron chi connectivity index (χ1n) is 8.05. The first-order valence-corrected chi connectivity index (χ1v) is 8.05. The number of carbonyl (C=O) groups is 3. The summed E-state index contributed by atoms with van der Waals surface area (Å²) in [6.07, 6.45) is 0. The molecule has 0 saturated carbocycles. The molecular weight excluding hydrogens is 350 g/mol. The number of fused-ring (bicyclic) bond motifs is 1. The van der Waals surface area contributed by atoms with Crippen molar-refractivity contribution in [3.8, 4) is 0 Å². The fourth-order valence-corrected chi connectivity index (χ4v) is 2.50. The molecule has 0 unspecified atom stereocenters. The molecule has 1 heterocycles. The van der Waals surface area contributed by atoms with Crippen LogP contribution < -0.4 is 10.9 Å². The Labute approximate surface area is 153 Å². The Balaban J connectivity index is 1.69. The summed E-state index contributed by atoms with van der Waals surface area (Å²) in [5.41, 5.74) is -0.145. The summed E-state index contributed by atoms with van der Waals surface area (Å²) in [6, 6.07) is 14.5. The van der Waals surface area contributed by atoms with Crippen LogP contribution in [-0.4, -0.2) is 24.3 Å². The Kier molecular flexibility index (Phi) is 5.12. The number of para-hydroxylation sites is 2. The third kappa shape index (κ3) is 4.09. The predicted octanol–water partition coefficient (Wildman–Crippen LogP) is 2.79. The maximum absolute atomic E-state index is 12.1. The van der Waals surface area contributed by atoms with Gasteiger partial charge in [-0.3, -0.25) is 9.59 Å². The minimum Gasteiger partial charge on any atom is -0.452 e. The zero-order valence-electron chi connectivity index (χ0n) is 14.4. The van der Waals surface area contributed by atoms with E-state index in [0.717, 1.165) is 0 Å². The molecule has 0 bridgehead atoms. The Bertz CT molecular complexity index is 1100. The number of carbonyl (C=O) groups excluding carboxylic acids is 3. The van der Waals surface area contributed by atoms with Crippen LogP contribution in [0.15, 0.2) is 63.8 Å². The van der Waals surface area contributed by atoms with E-state index in [1.807, 2.05) is 0 Å². The summed E-state index contributed by atoms with van der Waals surface area (Å²) < 4.78 is 9.96. The van der Waals surface area contributed by atoms with Gasteiger partial charge in [0.25, 0.3) is 5.91 Å². The van der Waals surface area contributed by atoms with Crippen LogP contribution in [0, 0.1) is 0 Å². The van der Waals surface area contributed by atoms with Gasteiger partial charge in [-0.05, 0) is 31.2 Å². The molecule has 2 aromatic carbocycles. The van der Waals surface area contributed by atoms with Gasteiger partial charge in [0.1, 0.15) is 11.1 Å². The van der Waals surface area contributed by atoms with Gasteiger partial charge in [0.15, 0.2) is 12.4 Å². The topological polar surface area (TPSA) is 103 Å². The molecule has 3 rings (SSSR count). The number of ether oxygens (including phenoxy) is 1. The lowest BCUT2D eigenvalue weighted by molar-refractivity contribution is -0.119. The van der Waals surface area contributed by atoms with Crippen molar-refractivity contribution in [2.45, 2.75) is 6.92 Å². The number of esters is 1. The molecule has 7 nitrogen and oxygen atoms in total. The molecule has 0 fully saturated rings. The van der Waals surface area contributed by atoms with E-state index in [2.05, 4.69) is 5.32 Å². The number of hydrogen-bond donors (Lipinski definition) is 1. The molecule has 0 aliphatic heterocycles. The molecular formula is C20H15NO6. The lowest BCUT2D eigenvalue weighted by atomic mass is 10.1. The number of rotatable bonds is 5. The molecule has 3 aromatic rings. The third-order valence-electron chi connectivity index (χ3n) is 3.78. The average molecular weight is 365 g/mol. The standard InChI is InChI=1S/C20H15NO6/c1-12(22)14-7-3-4-8-16(14)21-18(23)11-26-19(24)15-10-13-6-2-5-9-17(13)27-20(15)25/h2-10H,11H2,1H3,(H,21,23). The van der Waals surface area contributed by atoms with Crippen LogP contribution in [-0.2, 0) is 9.53 Å². The van der Waals surface area contributed by atoms with Gasteiger partial charge in [-0.1, -0.05) is 30.3 Å². The second-order valence-corrected chi connectivity index (χ2v) is 5.71. The monoisotopic (exact) mass is 365 g/mol. The van der Waals surface area contributed by atoms with Crippen molar-refractivity contribution in [3.63, 3.8) is 0 Å². The van der Waals surface area contributed by atoms with E-state index in [4.69, 9.17) is 9.15 Å². The number of anilines is 1. The van der Waals surface area contributed by atoms with E-state index in [1.54, 1.807) is 48.5 Å². The number of benzene rings is 2. The second-order valence-electron chi connectivity index (χ2n) is 5.71. The molecule has 1 N–H and O–H groups in total. The molecule has 27 heavy (non-hydrogen) atoms. The smallest absolute Gasteiger partial charge is 0.351 e. The Morgan fingerprint density at radius 3 is 2.48 bits per heavy atom. The summed E-state index contributed by atoms with van der Waals surface area (Å²) in [5.74, 6) is -1.82. The quantitative estimate of drug-likeness (QED) is 0.424. The molecule has 0 atom stereocenters. The van der Waals surface area contributed by atoms with Crippen molar-refractivity contribution in [2.75, 3.05) is 11.9 Å². The van der Waals surface area contributed by atoms with E-state index in [0.29, 0.717) is 22.2 Å². The van der Waals surface area contributed by atoms with Crippen molar-refractivity contribution in [1.29, 1.82) is 0 Å². The minimum atomic E-state index is -0.968. The van der Waals surface area contributed by atoms with Gasteiger partial charge in [0, 0.05) is 10.9 Å². The summed E-state index contributed by atoms with van der Waals surface area (Å²) in [7, 11) is 0. The highest BCUT2D eigenvalue weighted by Crippen LogP contribution is 2.16. The molecule has 0 aliphatic rings. The molecule has 136 valence electrons. The maximum Gasteiger partial charge on any atom is 0.351 e. The first kappa shape index (κ1) is 18.1. The minimum absolute atomic E-state index is 0.211. The lowest BCUT2D eigenvalue weighted by Gasteiger charge is -2.09. The first-order chi connectivity index (χ1) is 13.0.